The molecule has 11 nitrogen and oxygen atoms in total. The minimum atomic E-state index is -5.08. The Kier molecular flexibility index (Phi) is 12.3. The summed E-state index contributed by atoms with van der Waals surface area (Å²) in [5.74, 6) is -1.92. The predicted octanol–water partition coefficient (Wildman–Crippen LogP) is 1.63. The number of likely N-dealkylation sites (tertiary alicyclic amines) is 1. The number of amides is 1. The molecule has 0 saturated carbocycles. The van der Waals surface area contributed by atoms with Gasteiger partial charge in [0.1, 0.15) is 0 Å². The molecule has 1 atom stereocenters. The van der Waals surface area contributed by atoms with Crippen LogP contribution in [0.15, 0.2) is 23.1 Å². The van der Waals surface area contributed by atoms with Gasteiger partial charge in [-0.05, 0) is 38.1 Å². The van der Waals surface area contributed by atoms with E-state index in [1.807, 2.05) is 4.90 Å². The number of sulfonamides is 1. The molecule has 2 aliphatic rings. The quantitative estimate of drug-likeness (QED) is 0.423. The zero-order valence-electron chi connectivity index (χ0n) is 22.4. The maximum Gasteiger partial charge on any atom is 0.490 e. The second kappa shape index (κ2) is 14.7. The van der Waals surface area contributed by atoms with Gasteiger partial charge in [-0.25, -0.2) is 13.2 Å². The van der Waals surface area contributed by atoms with Crippen LogP contribution in [0.4, 0.5) is 13.2 Å². The molecule has 1 unspecified atom stereocenters. The number of nitrogens with one attached hydrogen (secondary N) is 1. The summed E-state index contributed by atoms with van der Waals surface area (Å²) in [5, 5.41) is 10.4. The number of piperazine rings is 1. The standard InChI is InChI=1S/C22H36N4O5S.C2HF3O2/c1-4-24-12-5-6-18(24)17-26(13-9-22(27)25-14-10-23-11-15-25)32(28,29)19-7-8-20(30-2)21(16-19)31-3;3-2(4,5)1(6)7/h7-8,16,18,23H,4-6,9-15,17H2,1-3H3;(H,6,7). The molecule has 2 fully saturated rings. The number of alkyl halides is 3. The van der Waals surface area contributed by atoms with Gasteiger partial charge in [0.2, 0.25) is 15.9 Å². The zero-order chi connectivity index (χ0) is 29.2. The molecule has 2 heterocycles. The van der Waals surface area contributed by atoms with Crippen LogP contribution >= 0.6 is 0 Å². The molecule has 15 heteroatoms. The molecule has 222 valence electrons. The smallest absolute Gasteiger partial charge is 0.490 e. The van der Waals surface area contributed by atoms with Crippen molar-refractivity contribution in [2.75, 3.05) is 66.6 Å². The third-order valence-electron chi connectivity index (χ3n) is 6.60. The first-order chi connectivity index (χ1) is 18.3. The van der Waals surface area contributed by atoms with Gasteiger partial charge in [-0.15, -0.1) is 0 Å². The molecule has 2 N–H and O–H groups in total. The molecule has 0 aromatic heterocycles. The molecule has 39 heavy (non-hydrogen) atoms. The molecule has 1 aromatic rings. The number of nitrogens with zero attached hydrogens (tertiary/aromatic N) is 3. The van der Waals surface area contributed by atoms with Crippen molar-refractivity contribution in [3.05, 3.63) is 18.2 Å². The molecule has 0 bridgehead atoms. The van der Waals surface area contributed by atoms with Crippen molar-refractivity contribution in [3.8, 4) is 11.5 Å². The zero-order valence-corrected chi connectivity index (χ0v) is 23.2. The third kappa shape index (κ3) is 9.22. The van der Waals surface area contributed by atoms with Crippen molar-refractivity contribution in [2.45, 2.75) is 43.3 Å². The minimum Gasteiger partial charge on any atom is -0.493 e. The average Bonchev–Trinajstić information content (AvgIpc) is 3.37. The normalized spacial score (nSPS) is 18.4. The maximum absolute atomic E-state index is 13.6. The van der Waals surface area contributed by atoms with Crippen molar-refractivity contribution in [1.29, 1.82) is 0 Å². The Bertz CT molecular complexity index is 1070. The van der Waals surface area contributed by atoms with Crippen LogP contribution in [0.5, 0.6) is 11.5 Å². The molecule has 2 saturated heterocycles. The fraction of sp³-hybridized carbons (Fsp3) is 0.667. The van der Waals surface area contributed by atoms with E-state index < -0.39 is 22.2 Å². The van der Waals surface area contributed by atoms with E-state index in [9.17, 15) is 26.4 Å². The molecule has 0 radical (unpaired) electrons. The summed E-state index contributed by atoms with van der Waals surface area (Å²) in [7, 11) is -0.821. The Hall–Kier alpha value is -2.62. The van der Waals surface area contributed by atoms with Crippen LogP contribution in [-0.2, 0) is 19.6 Å². The Balaban J connectivity index is 0.000000673. The largest absolute Gasteiger partial charge is 0.493 e. The van der Waals surface area contributed by atoms with Gasteiger partial charge < -0.3 is 24.8 Å². The Morgan fingerprint density at radius 3 is 2.28 bits per heavy atom. The number of rotatable bonds is 10. The van der Waals surface area contributed by atoms with Gasteiger partial charge in [0, 0.05) is 57.8 Å². The fourth-order valence-electron chi connectivity index (χ4n) is 4.48. The highest BCUT2D eigenvalue weighted by atomic mass is 32.2. The summed E-state index contributed by atoms with van der Waals surface area (Å²) >= 11 is 0. The monoisotopic (exact) mass is 582 g/mol. The first-order valence-electron chi connectivity index (χ1n) is 12.6. The number of carbonyl (C=O) groups is 2. The number of benzene rings is 1. The lowest BCUT2D eigenvalue weighted by molar-refractivity contribution is -0.192. The average molecular weight is 583 g/mol. The second-order valence-corrected chi connectivity index (χ2v) is 10.9. The van der Waals surface area contributed by atoms with E-state index in [2.05, 4.69) is 17.1 Å². The summed E-state index contributed by atoms with van der Waals surface area (Å²) < 4.78 is 71.1. The number of likely N-dealkylation sites (N-methyl/N-ethyl adjacent to an activating group) is 1. The Labute approximate surface area is 226 Å². The molecule has 1 amide bonds. The SMILES string of the molecule is CCN1CCCC1CN(CCC(=O)N1CCNCC1)S(=O)(=O)c1ccc(OC)c(OC)c1.O=C(O)C(F)(F)F. The summed E-state index contributed by atoms with van der Waals surface area (Å²) in [5.41, 5.74) is 0. The van der Waals surface area contributed by atoms with Gasteiger partial charge in [-0.3, -0.25) is 9.69 Å². The van der Waals surface area contributed by atoms with Crippen molar-refractivity contribution >= 4 is 21.9 Å². The number of hydrogen-bond donors (Lipinski definition) is 2. The van der Waals surface area contributed by atoms with Crippen LogP contribution in [0.25, 0.3) is 0 Å². The first kappa shape index (κ1) is 32.6. The van der Waals surface area contributed by atoms with Gasteiger partial charge in [0.15, 0.2) is 11.5 Å². The number of halogens is 3. The molecule has 1 aromatic carbocycles. The van der Waals surface area contributed by atoms with Gasteiger partial charge in [-0.1, -0.05) is 6.92 Å². The number of ether oxygens (including phenoxy) is 2. The summed E-state index contributed by atoms with van der Waals surface area (Å²) in [6.07, 6.45) is -2.90. The van der Waals surface area contributed by atoms with Crippen LogP contribution in [0, 0.1) is 0 Å². The summed E-state index contributed by atoms with van der Waals surface area (Å²) in [6, 6.07) is 4.78. The number of carboxylic acids is 1. The van der Waals surface area contributed by atoms with Gasteiger partial charge in [0.05, 0.1) is 19.1 Å². The van der Waals surface area contributed by atoms with E-state index in [-0.39, 0.29) is 29.8 Å². The van der Waals surface area contributed by atoms with Gasteiger partial charge in [-0.2, -0.15) is 17.5 Å². The van der Waals surface area contributed by atoms with E-state index in [0.717, 1.165) is 39.0 Å². The molecular weight excluding hydrogens is 545 g/mol. The first-order valence-corrected chi connectivity index (χ1v) is 14.0. The molecular formula is C24H37F3N4O7S. The number of hydrogen-bond acceptors (Lipinski definition) is 8. The topological polar surface area (TPSA) is 129 Å². The van der Waals surface area contributed by atoms with Crippen molar-refractivity contribution in [3.63, 3.8) is 0 Å². The van der Waals surface area contributed by atoms with Crippen molar-refractivity contribution in [2.24, 2.45) is 0 Å². The van der Waals surface area contributed by atoms with E-state index in [0.29, 0.717) is 31.1 Å². The van der Waals surface area contributed by atoms with Crippen molar-refractivity contribution in [1.82, 2.24) is 19.4 Å². The van der Waals surface area contributed by atoms with Gasteiger partial charge >= 0.3 is 12.1 Å². The third-order valence-corrected chi connectivity index (χ3v) is 8.46. The van der Waals surface area contributed by atoms with Crippen LogP contribution in [-0.4, -0.2) is 118 Å². The fourth-order valence-corrected chi connectivity index (χ4v) is 5.98. The molecule has 2 aliphatic heterocycles. The predicted molar refractivity (Wildman–Crippen MR) is 136 cm³/mol. The van der Waals surface area contributed by atoms with E-state index in [1.54, 1.807) is 6.07 Å². The number of methoxy groups -OCH3 is 2. The second-order valence-electron chi connectivity index (χ2n) is 8.99. The Morgan fingerprint density at radius 1 is 1.13 bits per heavy atom. The van der Waals surface area contributed by atoms with E-state index >= 15 is 0 Å². The lowest BCUT2D eigenvalue weighted by Crippen LogP contribution is -2.48. The minimum absolute atomic E-state index is 0.00205. The van der Waals surface area contributed by atoms with E-state index in [1.165, 1.54) is 30.7 Å². The van der Waals surface area contributed by atoms with Crippen LogP contribution < -0.4 is 14.8 Å². The highest BCUT2D eigenvalue weighted by Crippen LogP contribution is 2.31. The highest BCUT2D eigenvalue weighted by Gasteiger charge is 2.38. The summed E-state index contributed by atoms with van der Waals surface area (Å²) in [4.78, 5) is 25.9. The van der Waals surface area contributed by atoms with E-state index in [4.69, 9.17) is 19.4 Å². The summed E-state index contributed by atoms with van der Waals surface area (Å²) in [6.45, 7) is 7.35. The van der Waals surface area contributed by atoms with Crippen LogP contribution in [0.1, 0.15) is 26.2 Å². The highest BCUT2D eigenvalue weighted by molar-refractivity contribution is 7.89. The number of carbonyl (C=O) groups excluding carboxylic acids is 1. The number of carboxylic acid groups (broad SMARTS) is 1. The Morgan fingerprint density at radius 2 is 1.74 bits per heavy atom. The molecule has 3 rings (SSSR count). The van der Waals surface area contributed by atoms with Crippen LogP contribution in [0.2, 0.25) is 0 Å². The number of aliphatic carboxylic acids is 1. The van der Waals surface area contributed by atoms with Crippen LogP contribution in [0.3, 0.4) is 0 Å². The molecule has 0 spiro atoms. The lowest BCUT2D eigenvalue weighted by atomic mass is 10.2. The van der Waals surface area contributed by atoms with Crippen molar-refractivity contribution < 1.29 is 45.8 Å². The molecule has 0 aliphatic carbocycles. The lowest BCUT2D eigenvalue weighted by Gasteiger charge is -2.31. The maximum atomic E-state index is 13.6. The van der Waals surface area contributed by atoms with Gasteiger partial charge in [0.25, 0.3) is 0 Å².